The molecule has 0 saturated carbocycles. The molecule has 3 aromatic carbocycles. The van der Waals surface area contributed by atoms with Crippen molar-refractivity contribution < 1.29 is 23.9 Å². The van der Waals surface area contributed by atoms with Gasteiger partial charge < -0.3 is 15.0 Å². The molecule has 1 N–H and O–H groups in total. The third kappa shape index (κ3) is 4.12. The van der Waals surface area contributed by atoms with Crippen LogP contribution in [0.1, 0.15) is 46.4 Å². The maximum atomic E-state index is 13.0. The zero-order valence-corrected chi connectivity index (χ0v) is 19.4. The maximum absolute atomic E-state index is 13.0. The number of ether oxygens (including phenoxy) is 1. The number of carbonyl (C=O) groups excluding carboxylic acids is 4. The summed E-state index contributed by atoms with van der Waals surface area (Å²) in [6.45, 7) is 0.757. The predicted molar refractivity (Wildman–Crippen MR) is 132 cm³/mol. The number of hydrogen-bond donors (Lipinski definition) is 1. The van der Waals surface area contributed by atoms with Crippen molar-refractivity contribution in [3.8, 4) is 5.75 Å². The second kappa shape index (κ2) is 9.21. The quantitative estimate of drug-likeness (QED) is 0.526. The predicted octanol–water partition coefficient (Wildman–Crippen LogP) is 3.99. The van der Waals surface area contributed by atoms with Crippen molar-refractivity contribution in [3.63, 3.8) is 0 Å². The van der Waals surface area contributed by atoms with Crippen LogP contribution >= 0.6 is 0 Å². The number of nitrogens with one attached hydrogen (secondary N) is 1. The molecule has 178 valence electrons. The Morgan fingerprint density at radius 3 is 2.34 bits per heavy atom. The van der Waals surface area contributed by atoms with Crippen LogP contribution in [0, 0.1) is 0 Å². The van der Waals surface area contributed by atoms with Crippen LogP contribution in [0.25, 0.3) is 10.8 Å². The van der Waals surface area contributed by atoms with Gasteiger partial charge in [-0.2, -0.15) is 0 Å². The Morgan fingerprint density at radius 1 is 1.00 bits per heavy atom. The van der Waals surface area contributed by atoms with Crippen LogP contribution < -0.4 is 15.0 Å². The van der Waals surface area contributed by atoms with Gasteiger partial charge in [0, 0.05) is 48.1 Å². The van der Waals surface area contributed by atoms with E-state index in [9.17, 15) is 19.2 Å². The van der Waals surface area contributed by atoms with Gasteiger partial charge in [-0.05, 0) is 48.6 Å². The zero-order valence-electron chi connectivity index (χ0n) is 19.4. The number of rotatable bonds is 7. The SMILES string of the molecule is COc1ccc(NC(=O)CCCN2C(=O)c3cccc4cccc(c34)C2=O)cc1N1CCCC1=O. The summed E-state index contributed by atoms with van der Waals surface area (Å²) in [7, 11) is 1.54. The molecule has 2 aliphatic heterocycles. The molecule has 0 bridgehead atoms. The molecule has 4 amide bonds. The molecule has 2 heterocycles. The number of methoxy groups -OCH3 is 1. The van der Waals surface area contributed by atoms with E-state index in [0.29, 0.717) is 53.0 Å². The number of amides is 4. The van der Waals surface area contributed by atoms with E-state index in [1.807, 2.05) is 12.1 Å². The lowest BCUT2D eigenvalue weighted by atomic mass is 9.94. The molecule has 0 aliphatic carbocycles. The van der Waals surface area contributed by atoms with E-state index in [1.54, 1.807) is 54.5 Å². The Hall–Kier alpha value is -4.20. The molecule has 35 heavy (non-hydrogen) atoms. The van der Waals surface area contributed by atoms with E-state index < -0.39 is 0 Å². The van der Waals surface area contributed by atoms with Crippen molar-refractivity contribution >= 4 is 45.8 Å². The molecule has 8 heteroatoms. The maximum Gasteiger partial charge on any atom is 0.261 e. The monoisotopic (exact) mass is 471 g/mol. The average molecular weight is 472 g/mol. The number of nitrogens with zero attached hydrogens (tertiary/aromatic N) is 2. The lowest BCUT2D eigenvalue weighted by Crippen LogP contribution is -2.41. The van der Waals surface area contributed by atoms with Crippen molar-refractivity contribution in [2.45, 2.75) is 25.7 Å². The number of hydrogen-bond acceptors (Lipinski definition) is 5. The lowest BCUT2D eigenvalue weighted by Gasteiger charge is -2.27. The van der Waals surface area contributed by atoms with Crippen LogP contribution in [0.4, 0.5) is 11.4 Å². The highest BCUT2D eigenvalue weighted by Gasteiger charge is 2.32. The van der Waals surface area contributed by atoms with E-state index >= 15 is 0 Å². The molecule has 0 atom stereocenters. The Bertz CT molecular complexity index is 1320. The van der Waals surface area contributed by atoms with Gasteiger partial charge in [0.2, 0.25) is 11.8 Å². The Kier molecular flexibility index (Phi) is 5.94. The highest BCUT2D eigenvalue weighted by molar-refractivity contribution is 6.25. The van der Waals surface area contributed by atoms with Crippen LogP contribution in [0.2, 0.25) is 0 Å². The van der Waals surface area contributed by atoms with Gasteiger partial charge in [0.05, 0.1) is 12.8 Å². The molecule has 1 saturated heterocycles. The summed E-state index contributed by atoms with van der Waals surface area (Å²) in [6.07, 6.45) is 1.74. The topological polar surface area (TPSA) is 96.0 Å². The van der Waals surface area contributed by atoms with Crippen LogP contribution in [0.15, 0.2) is 54.6 Å². The van der Waals surface area contributed by atoms with Gasteiger partial charge >= 0.3 is 0 Å². The van der Waals surface area contributed by atoms with Crippen LogP contribution in [0.5, 0.6) is 5.75 Å². The standard InChI is InChI=1S/C27H25N3O5/c1-35-22-13-12-18(16-21(22)29-14-5-11-24(29)32)28-23(31)10-4-15-30-26(33)19-8-2-6-17-7-3-9-20(25(17)19)27(30)34/h2-3,6-9,12-13,16H,4-5,10-11,14-15H2,1H3,(H,28,31). The van der Waals surface area contributed by atoms with Crippen molar-refractivity contribution in [2.24, 2.45) is 0 Å². The highest BCUT2D eigenvalue weighted by atomic mass is 16.5. The molecule has 0 unspecified atom stereocenters. The third-order valence-electron chi connectivity index (χ3n) is 6.47. The normalized spacial score (nSPS) is 15.2. The minimum absolute atomic E-state index is 0.0277. The molecule has 3 aromatic rings. The molecule has 0 aromatic heterocycles. The van der Waals surface area contributed by atoms with E-state index in [0.717, 1.165) is 11.8 Å². The first-order valence-electron chi connectivity index (χ1n) is 11.6. The molecule has 2 aliphatic rings. The summed E-state index contributed by atoms with van der Waals surface area (Å²) in [5, 5.41) is 4.39. The minimum Gasteiger partial charge on any atom is -0.495 e. The second-order valence-electron chi connectivity index (χ2n) is 8.66. The van der Waals surface area contributed by atoms with Gasteiger partial charge in [-0.15, -0.1) is 0 Å². The van der Waals surface area contributed by atoms with E-state index in [-0.39, 0.29) is 36.6 Å². The Morgan fingerprint density at radius 2 is 1.71 bits per heavy atom. The number of carbonyl (C=O) groups is 4. The first-order chi connectivity index (χ1) is 17.0. The number of imide groups is 1. The minimum atomic E-state index is -0.338. The van der Waals surface area contributed by atoms with Gasteiger partial charge in [-0.1, -0.05) is 24.3 Å². The molecule has 8 nitrogen and oxygen atoms in total. The van der Waals surface area contributed by atoms with E-state index in [1.165, 1.54) is 4.90 Å². The zero-order chi connectivity index (χ0) is 24.5. The van der Waals surface area contributed by atoms with Gasteiger partial charge in [0.25, 0.3) is 11.8 Å². The number of benzene rings is 3. The third-order valence-corrected chi connectivity index (χ3v) is 6.47. The lowest BCUT2D eigenvalue weighted by molar-refractivity contribution is -0.117. The second-order valence-corrected chi connectivity index (χ2v) is 8.66. The van der Waals surface area contributed by atoms with E-state index in [4.69, 9.17) is 4.74 Å². The Balaban J connectivity index is 1.24. The largest absolute Gasteiger partial charge is 0.495 e. The fraction of sp³-hybridized carbons (Fsp3) is 0.259. The summed E-state index contributed by atoms with van der Waals surface area (Å²) in [5.74, 6) is -0.326. The summed E-state index contributed by atoms with van der Waals surface area (Å²) >= 11 is 0. The van der Waals surface area contributed by atoms with Crippen molar-refractivity contribution in [2.75, 3.05) is 30.4 Å². The van der Waals surface area contributed by atoms with Crippen LogP contribution in [-0.4, -0.2) is 48.7 Å². The van der Waals surface area contributed by atoms with Gasteiger partial charge in [0.1, 0.15) is 5.75 Å². The first kappa shape index (κ1) is 22.6. The molecule has 0 spiro atoms. The summed E-state index contributed by atoms with van der Waals surface area (Å²) in [6, 6.07) is 16.0. The number of anilines is 2. The van der Waals surface area contributed by atoms with Crippen molar-refractivity contribution in [3.05, 3.63) is 65.7 Å². The van der Waals surface area contributed by atoms with Crippen molar-refractivity contribution in [1.29, 1.82) is 0 Å². The molecule has 0 radical (unpaired) electrons. The average Bonchev–Trinajstić information content (AvgIpc) is 3.30. The smallest absolute Gasteiger partial charge is 0.261 e. The first-order valence-corrected chi connectivity index (χ1v) is 11.6. The fourth-order valence-corrected chi connectivity index (χ4v) is 4.79. The van der Waals surface area contributed by atoms with Crippen LogP contribution in [-0.2, 0) is 9.59 Å². The molecule has 5 rings (SSSR count). The van der Waals surface area contributed by atoms with Gasteiger partial charge in [0.15, 0.2) is 0 Å². The van der Waals surface area contributed by atoms with Crippen molar-refractivity contribution in [1.82, 2.24) is 4.90 Å². The molecular weight excluding hydrogens is 446 g/mol. The molecular formula is C27H25N3O5. The fourth-order valence-electron chi connectivity index (χ4n) is 4.79. The Labute approximate surface area is 202 Å². The summed E-state index contributed by atoms with van der Waals surface area (Å²) in [4.78, 5) is 53.7. The summed E-state index contributed by atoms with van der Waals surface area (Å²) < 4.78 is 5.39. The van der Waals surface area contributed by atoms with Gasteiger partial charge in [-0.3, -0.25) is 24.1 Å². The van der Waals surface area contributed by atoms with Gasteiger partial charge in [-0.25, -0.2) is 0 Å². The van der Waals surface area contributed by atoms with Crippen LogP contribution in [0.3, 0.4) is 0 Å². The summed E-state index contributed by atoms with van der Waals surface area (Å²) in [5.41, 5.74) is 2.19. The molecule has 1 fully saturated rings. The highest BCUT2D eigenvalue weighted by Crippen LogP contribution is 2.34. The van der Waals surface area contributed by atoms with E-state index in [2.05, 4.69) is 5.32 Å².